The first-order chi connectivity index (χ1) is 9.20. The van der Waals surface area contributed by atoms with Crippen LogP contribution in [0, 0.1) is 11.8 Å². The first-order valence-corrected chi connectivity index (χ1v) is 7.49. The zero-order chi connectivity index (χ0) is 13.7. The third-order valence-electron chi connectivity index (χ3n) is 4.32. The van der Waals surface area contributed by atoms with Gasteiger partial charge in [0.2, 0.25) is 5.91 Å². The normalized spacial score (nSPS) is 24.4. The van der Waals surface area contributed by atoms with Gasteiger partial charge < -0.3 is 15.4 Å². The van der Waals surface area contributed by atoms with Gasteiger partial charge >= 0.3 is 0 Å². The zero-order valence-electron chi connectivity index (χ0n) is 12.0. The third kappa shape index (κ3) is 4.16. The van der Waals surface area contributed by atoms with Gasteiger partial charge in [-0.1, -0.05) is 6.92 Å². The van der Waals surface area contributed by atoms with Crippen molar-refractivity contribution in [2.75, 3.05) is 52.5 Å². The molecule has 2 fully saturated rings. The van der Waals surface area contributed by atoms with Gasteiger partial charge in [0.1, 0.15) is 0 Å². The quantitative estimate of drug-likeness (QED) is 0.789. The van der Waals surface area contributed by atoms with Gasteiger partial charge in [0.25, 0.3) is 0 Å². The summed E-state index contributed by atoms with van der Waals surface area (Å²) in [5.74, 6) is 0.929. The van der Waals surface area contributed by atoms with Crippen LogP contribution in [0.1, 0.15) is 19.8 Å². The number of amides is 1. The summed E-state index contributed by atoms with van der Waals surface area (Å²) in [7, 11) is 0. The molecule has 19 heavy (non-hydrogen) atoms. The van der Waals surface area contributed by atoms with Crippen LogP contribution in [0.4, 0.5) is 0 Å². The molecule has 0 spiro atoms. The first kappa shape index (κ1) is 14.8. The number of likely N-dealkylation sites (tertiary alicyclic amines) is 1. The van der Waals surface area contributed by atoms with E-state index in [0.29, 0.717) is 6.54 Å². The van der Waals surface area contributed by atoms with Crippen molar-refractivity contribution < 1.29 is 9.53 Å². The Hall–Kier alpha value is -0.650. The fourth-order valence-corrected chi connectivity index (χ4v) is 2.90. The molecule has 2 saturated heterocycles. The molecular formula is C14H27N3O2. The maximum atomic E-state index is 12.0. The largest absolute Gasteiger partial charge is 0.379 e. The van der Waals surface area contributed by atoms with Crippen molar-refractivity contribution >= 4 is 5.91 Å². The maximum Gasteiger partial charge on any atom is 0.226 e. The highest BCUT2D eigenvalue weighted by Gasteiger charge is 2.26. The van der Waals surface area contributed by atoms with Crippen LogP contribution in [-0.2, 0) is 9.53 Å². The molecule has 1 unspecified atom stereocenters. The summed E-state index contributed by atoms with van der Waals surface area (Å²) in [5.41, 5.74) is 5.56. The predicted octanol–water partition coefficient (Wildman–Crippen LogP) is 0.152. The van der Waals surface area contributed by atoms with Crippen LogP contribution in [0.2, 0.25) is 0 Å². The van der Waals surface area contributed by atoms with Gasteiger partial charge in [-0.05, 0) is 18.8 Å². The van der Waals surface area contributed by atoms with Crippen molar-refractivity contribution in [2.45, 2.75) is 19.8 Å². The van der Waals surface area contributed by atoms with Crippen LogP contribution in [0.5, 0.6) is 0 Å². The fraction of sp³-hybridized carbons (Fsp3) is 0.929. The van der Waals surface area contributed by atoms with Crippen molar-refractivity contribution in [3.05, 3.63) is 0 Å². The highest BCUT2D eigenvalue weighted by atomic mass is 16.5. The zero-order valence-corrected chi connectivity index (χ0v) is 12.0. The molecular weight excluding hydrogens is 242 g/mol. The van der Waals surface area contributed by atoms with Crippen LogP contribution >= 0.6 is 0 Å². The Morgan fingerprint density at radius 1 is 1.26 bits per heavy atom. The topological polar surface area (TPSA) is 58.8 Å². The number of ether oxygens (including phenoxy) is 1. The van der Waals surface area contributed by atoms with Gasteiger partial charge in [0.05, 0.1) is 13.2 Å². The Morgan fingerprint density at radius 3 is 2.47 bits per heavy atom. The van der Waals surface area contributed by atoms with Crippen LogP contribution in [0.15, 0.2) is 0 Å². The van der Waals surface area contributed by atoms with E-state index in [1.807, 2.05) is 11.8 Å². The molecule has 2 rings (SSSR count). The van der Waals surface area contributed by atoms with E-state index in [-0.39, 0.29) is 11.8 Å². The monoisotopic (exact) mass is 269 g/mol. The van der Waals surface area contributed by atoms with Gasteiger partial charge in [0.15, 0.2) is 0 Å². The predicted molar refractivity (Wildman–Crippen MR) is 74.8 cm³/mol. The Labute approximate surface area is 116 Å². The first-order valence-electron chi connectivity index (χ1n) is 7.49. The number of nitrogens with two attached hydrogens (primary N) is 1. The SMILES string of the molecule is CC(CN)C(=O)N1CCC(CN2CCOCC2)CC1. The lowest BCUT2D eigenvalue weighted by Crippen LogP contribution is -2.46. The van der Waals surface area contributed by atoms with Crippen molar-refractivity contribution in [3.8, 4) is 0 Å². The second kappa shape index (κ2) is 7.22. The molecule has 0 aliphatic carbocycles. The molecule has 2 aliphatic heterocycles. The van der Waals surface area contributed by atoms with Gasteiger partial charge in [-0.25, -0.2) is 0 Å². The molecule has 0 aromatic rings. The molecule has 0 saturated carbocycles. The minimum atomic E-state index is -0.0317. The molecule has 110 valence electrons. The van der Waals surface area contributed by atoms with E-state index in [9.17, 15) is 4.79 Å². The molecule has 0 bridgehead atoms. The summed E-state index contributed by atoms with van der Waals surface area (Å²) in [6.45, 7) is 9.19. The van der Waals surface area contributed by atoms with Crippen LogP contribution in [-0.4, -0.2) is 68.2 Å². The van der Waals surface area contributed by atoms with E-state index in [1.165, 1.54) is 0 Å². The van der Waals surface area contributed by atoms with Crippen LogP contribution in [0.25, 0.3) is 0 Å². The van der Waals surface area contributed by atoms with Gasteiger partial charge in [-0.2, -0.15) is 0 Å². The van der Waals surface area contributed by atoms with E-state index >= 15 is 0 Å². The van der Waals surface area contributed by atoms with Crippen molar-refractivity contribution in [1.29, 1.82) is 0 Å². The Balaban J connectivity index is 1.71. The van der Waals surface area contributed by atoms with E-state index in [2.05, 4.69) is 4.90 Å². The molecule has 0 radical (unpaired) electrons. The average molecular weight is 269 g/mol. The second-order valence-electron chi connectivity index (χ2n) is 5.82. The molecule has 5 nitrogen and oxygen atoms in total. The molecule has 2 N–H and O–H groups in total. The van der Waals surface area contributed by atoms with E-state index < -0.39 is 0 Å². The lowest BCUT2D eigenvalue weighted by molar-refractivity contribution is -0.136. The van der Waals surface area contributed by atoms with Gasteiger partial charge in [-0.3, -0.25) is 9.69 Å². The number of piperidine rings is 1. The minimum Gasteiger partial charge on any atom is -0.379 e. The molecule has 5 heteroatoms. The second-order valence-corrected chi connectivity index (χ2v) is 5.82. The molecule has 1 amide bonds. The van der Waals surface area contributed by atoms with Crippen molar-refractivity contribution in [2.24, 2.45) is 17.6 Å². The van der Waals surface area contributed by atoms with Crippen molar-refractivity contribution in [1.82, 2.24) is 9.80 Å². The summed E-state index contributed by atoms with van der Waals surface area (Å²) in [5, 5.41) is 0. The Kier molecular flexibility index (Phi) is 5.60. The standard InChI is InChI=1S/C14H27N3O2/c1-12(10-15)14(18)17-4-2-13(3-5-17)11-16-6-8-19-9-7-16/h12-13H,2-11,15H2,1H3. The Bertz CT molecular complexity index is 284. The molecule has 0 aromatic heterocycles. The average Bonchev–Trinajstić information content (AvgIpc) is 2.47. The lowest BCUT2D eigenvalue weighted by atomic mass is 9.95. The van der Waals surface area contributed by atoms with Gasteiger partial charge in [0, 0.05) is 45.2 Å². The smallest absolute Gasteiger partial charge is 0.226 e. The van der Waals surface area contributed by atoms with Crippen LogP contribution in [0.3, 0.4) is 0 Å². The van der Waals surface area contributed by atoms with Crippen molar-refractivity contribution in [3.63, 3.8) is 0 Å². The number of carbonyl (C=O) groups is 1. The summed E-state index contributed by atoms with van der Waals surface area (Å²) in [4.78, 5) is 16.5. The highest BCUT2D eigenvalue weighted by molar-refractivity contribution is 5.78. The summed E-state index contributed by atoms with van der Waals surface area (Å²) < 4.78 is 5.37. The number of morpholine rings is 1. The number of hydrogen-bond acceptors (Lipinski definition) is 4. The maximum absolute atomic E-state index is 12.0. The number of nitrogens with zero attached hydrogens (tertiary/aromatic N) is 2. The summed E-state index contributed by atoms with van der Waals surface area (Å²) >= 11 is 0. The number of carbonyl (C=O) groups excluding carboxylic acids is 1. The van der Waals surface area contributed by atoms with Gasteiger partial charge in [-0.15, -0.1) is 0 Å². The third-order valence-corrected chi connectivity index (χ3v) is 4.32. The summed E-state index contributed by atoms with van der Waals surface area (Å²) in [6, 6.07) is 0. The number of hydrogen-bond donors (Lipinski definition) is 1. The van der Waals surface area contributed by atoms with E-state index in [0.717, 1.165) is 64.7 Å². The molecule has 2 heterocycles. The number of rotatable bonds is 4. The van der Waals surface area contributed by atoms with Crippen LogP contribution < -0.4 is 5.73 Å². The molecule has 2 aliphatic rings. The highest BCUT2D eigenvalue weighted by Crippen LogP contribution is 2.20. The Morgan fingerprint density at radius 2 is 1.89 bits per heavy atom. The van der Waals surface area contributed by atoms with E-state index in [1.54, 1.807) is 0 Å². The minimum absolute atomic E-state index is 0.0317. The molecule has 0 aromatic carbocycles. The summed E-state index contributed by atoms with van der Waals surface area (Å²) in [6.07, 6.45) is 2.25. The fourth-order valence-electron chi connectivity index (χ4n) is 2.90. The lowest BCUT2D eigenvalue weighted by Gasteiger charge is -2.36. The van der Waals surface area contributed by atoms with E-state index in [4.69, 9.17) is 10.5 Å². The molecule has 1 atom stereocenters.